The first-order chi connectivity index (χ1) is 19.8. The number of nitrogens with one attached hydrogen (secondary N) is 2. The molecule has 0 aromatic carbocycles. The predicted octanol–water partition coefficient (Wildman–Crippen LogP) is 9.15. The largest absolute Gasteiger partial charge is 0.385 e. The summed E-state index contributed by atoms with van der Waals surface area (Å²) in [5.41, 5.74) is 1.76. The van der Waals surface area contributed by atoms with Crippen LogP contribution in [0.3, 0.4) is 0 Å². The molecule has 246 valence electrons. The Labute approximate surface area is 257 Å². The first kappa shape index (κ1) is 44.0. The van der Waals surface area contributed by atoms with Gasteiger partial charge in [0.05, 0.1) is 0 Å². The summed E-state index contributed by atoms with van der Waals surface area (Å²) in [6, 6.07) is 0.692. The van der Waals surface area contributed by atoms with Gasteiger partial charge in [0.2, 0.25) is 0 Å². The van der Waals surface area contributed by atoms with Gasteiger partial charge in [-0.3, -0.25) is 9.80 Å². The van der Waals surface area contributed by atoms with Gasteiger partial charge in [-0.15, -0.1) is 0 Å². The third-order valence-electron chi connectivity index (χ3n) is 7.28. The maximum Gasteiger partial charge on any atom is 0.272 e. The number of unbranched alkanes of at least 4 members (excludes halogenated alkanes) is 2. The minimum Gasteiger partial charge on any atom is -0.385 e. The molecule has 2 aliphatic rings. The van der Waals surface area contributed by atoms with Crippen molar-refractivity contribution in [3.63, 3.8) is 0 Å². The molecule has 0 saturated heterocycles. The first-order valence-corrected chi connectivity index (χ1v) is 17.2. The van der Waals surface area contributed by atoms with E-state index < -0.39 is 0 Å². The highest BCUT2D eigenvalue weighted by molar-refractivity contribution is 6.45. The molecule has 0 radical (unpaired) electrons. The summed E-state index contributed by atoms with van der Waals surface area (Å²) in [7, 11) is 7.49. The van der Waals surface area contributed by atoms with Gasteiger partial charge in [0.1, 0.15) is 0 Å². The van der Waals surface area contributed by atoms with E-state index in [0.717, 1.165) is 25.0 Å². The molecule has 1 atom stereocenters. The third kappa shape index (κ3) is 23.8. The Morgan fingerprint density at radius 3 is 1.83 bits per heavy atom. The molecule has 6 heteroatoms. The van der Waals surface area contributed by atoms with E-state index in [0.29, 0.717) is 17.7 Å². The van der Waals surface area contributed by atoms with Crippen LogP contribution in [0.25, 0.3) is 0 Å². The van der Waals surface area contributed by atoms with Gasteiger partial charge in [-0.2, -0.15) is 5.10 Å². The third-order valence-corrected chi connectivity index (χ3v) is 7.28. The zero-order valence-electron chi connectivity index (χ0n) is 29.8. The quantitative estimate of drug-likeness (QED) is 0.145. The lowest BCUT2D eigenvalue weighted by atomic mass is 9.84. The number of methoxy groups -OCH3 is 1. The minimum atomic E-state index is 0.0235. The second-order valence-corrected chi connectivity index (χ2v) is 11.0. The van der Waals surface area contributed by atoms with Crippen LogP contribution >= 0.6 is 0 Å². The number of amides is 1. The Bertz CT molecular complexity index is 605. The van der Waals surface area contributed by atoms with Crippen molar-refractivity contribution in [3.05, 3.63) is 11.6 Å². The molecule has 2 aliphatic carbocycles. The van der Waals surface area contributed by atoms with E-state index in [1.807, 2.05) is 34.9 Å². The second-order valence-electron chi connectivity index (χ2n) is 11.0. The number of hydrazone groups is 1. The lowest BCUT2D eigenvalue weighted by molar-refractivity contribution is -0.115. The summed E-state index contributed by atoms with van der Waals surface area (Å²) in [5.74, 6) is 0.634. The monoisotopic (exact) mass is 583 g/mol. The van der Waals surface area contributed by atoms with Crippen LogP contribution in [-0.2, 0) is 9.53 Å². The van der Waals surface area contributed by atoms with Gasteiger partial charge in [0.25, 0.3) is 5.91 Å². The van der Waals surface area contributed by atoms with E-state index in [1.54, 1.807) is 7.11 Å². The Hall–Kier alpha value is -1.40. The van der Waals surface area contributed by atoms with Gasteiger partial charge in [0, 0.05) is 32.8 Å². The molecular weight excluding hydrogens is 508 g/mol. The molecule has 1 amide bonds. The molecule has 2 saturated carbocycles. The second kappa shape index (κ2) is 33.1. The average molecular weight is 583 g/mol. The molecule has 0 heterocycles. The highest BCUT2D eigenvalue weighted by Gasteiger charge is 2.26. The average Bonchev–Trinajstić information content (AvgIpc) is 3.01. The van der Waals surface area contributed by atoms with E-state index in [1.165, 1.54) is 83.5 Å². The molecule has 0 aliphatic heterocycles. The Morgan fingerprint density at radius 2 is 1.41 bits per heavy atom. The van der Waals surface area contributed by atoms with E-state index in [9.17, 15) is 4.79 Å². The number of rotatable bonds is 11. The lowest BCUT2D eigenvalue weighted by Gasteiger charge is -2.31. The SMILES string of the molecule is C/C=C(CCCCC)/C(=N\N(C)C1CCCCC1)C(=O)N[C@H](C)C1CCCCC1.CC.CCC.CCOC.CNC. The van der Waals surface area contributed by atoms with Gasteiger partial charge in [0.15, 0.2) is 5.71 Å². The van der Waals surface area contributed by atoms with Gasteiger partial charge < -0.3 is 15.4 Å². The van der Waals surface area contributed by atoms with Crippen molar-refractivity contribution in [2.24, 2.45) is 11.0 Å². The Balaban J connectivity index is -0.00000103. The standard InChI is InChI=1S/C25H45N3O.C3H8O.C3H8.C2H7N.C2H6/c1-5-7-10-15-21(6-2)24(27-28(4)23-18-13-9-14-19-23)25(29)26-20(3)22-16-11-8-12-17-22;1-3-4-2;2*1-3-2;1-2/h6,20,22-23H,5,7-19H2,1-4H3,(H,26,29);3H2,1-2H3;3H2,1-2H3;3H,1-2H3;1-2H3/b21-6+,27-24+;;;;/t20-;;;;/m1..../s1. The number of hydrogen-bond donors (Lipinski definition) is 2. The number of carbonyl (C=O) groups excluding carboxylic acids is 1. The number of allylic oxidation sites excluding steroid dienone is 1. The minimum absolute atomic E-state index is 0.0235. The predicted molar refractivity (Wildman–Crippen MR) is 184 cm³/mol. The van der Waals surface area contributed by atoms with Crippen molar-refractivity contribution in [2.45, 2.75) is 164 Å². The summed E-state index contributed by atoms with van der Waals surface area (Å²) in [5, 5.41) is 13.1. The van der Waals surface area contributed by atoms with Crippen LogP contribution < -0.4 is 10.6 Å². The number of hydrogen-bond acceptors (Lipinski definition) is 5. The van der Waals surface area contributed by atoms with Crippen LogP contribution in [0.15, 0.2) is 16.8 Å². The van der Waals surface area contributed by atoms with Crippen LogP contribution in [0.4, 0.5) is 0 Å². The first-order valence-electron chi connectivity index (χ1n) is 17.2. The van der Waals surface area contributed by atoms with Crippen molar-refractivity contribution in [3.8, 4) is 0 Å². The van der Waals surface area contributed by atoms with Crippen molar-refractivity contribution in [1.82, 2.24) is 15.6 Å². The molecular formula is C35H74N4O2. The molecule has 0 aromatic heterocycles. The van der Waals surface area contributed by atoms with E-state index >= 15 is 0 Å². The van der Waals surface area contributed by atoms with Crippen LogP contribution in [0.5, 0.6) is 0 Å². The van der Waals surface area contributed by atoms with E-state index in [4.69, 9.17) is 5.10 Å². The fourth-order valence-electron chi connectivity index (χ4n) is 4.94. The molecule has 0 aromatic rings. The van der Waals surface area contributed by atoms with Crippen LogP contribution in [-0.4, -0.2) is 63.6 Å². The van der Waals surface area contributed by atoms with Crippen LogP contribution in [0.1, 0.15) is 152 Å². The molecule has 0 unspecified atom stereocenters. The highest BCUT2D eigenvalue weighted by Crippen LogP contribution is 2.27. The molecule has 41 heavy (non-hydrogen) atoms. The van der Waals surface area contributed by atoms with Crippen LogP contribution in [0.2, 0.25) is 0 Å². The van der Waals surface area contributed by atoms with E-state index in [-0.39, 0.29) is 11.9 Å². The summed E-state index contributed by atoms with van der Waals surface area (Å²) < 4.78 is 4.54. The number of ether oxygens (including phenoxy) is 1. The summed E-state index contributed by atoms with van der Waals surface area (Å²) in [6.45, 7) is 17.5. The van der Waals surface area contributed by atoms with Crippen molar-refractivity contribution < 1.29 is 9.53 Å². The number of carbonyl (C=O) groups is 1. The summed E-state index contributed by atoms with van der Waals surface area (Å²) in [4.78, 5) is 13.3. The van der Waals surface area contributed by atoms with Crippen molar-refractivity contribution in [2.75, 3.05) is 34.9 Å². The normalized spacial score (nSPS) is 16.7. The maximum absolute atomic E-state index is 13.3. The van der Waals surface area contributed by atoms with Gasteiger partial charge in [-0.25, -0.2) is 0 Å². The molecule has 0 bridgehead atoms. The molecule has 2 N–H and O–H groups in total. The van der Waals surface area contributed by atoms with Crippen molar-refractivity contribution >= 4 is 11.6 Å². The maximum atomic E-state index is 13.3. The summed E-state index contributed by atoms with van der Waals surface area (Å²) in [6.07, 6.45) is 20.5. The van der Waals surface area contributed by atoms with Gasteiger partial charge in [-0.05, 0) is 84.9 Å². The Kier molecular flexibility index (Phi) is 35.6. The zero-order chi connectivity index (χ0) is 31.9. The molecule has 2 fully saturated rings. The van der Waals surface area contributed by atoms with Gasteiger partial charge in [-0.1, -0.05) is 98.5 Å². The molecule has 2 rings (SSSR count). The Morgan fingerprint density at radius 1 is 0.951 bits per heavy atom. The lowest BCUT2D eigenvalue weighted by Crippen LogP contribution is -2.44. The fourth-order valence-corrected chi connectivity index (χ4v) is 4.94. The number of nitrogens with zero attached hydrogens (tertiary/aromatic N) is 2. The smallest absolute Gasteiger partial charge is 0.272 e. The van der Waals surface area contributed by atoms with Gasteiger partial charge >= 0.3 is 0 Å². The molecule has 6 nitrogen and oxygen atoms in total. The van der Waals surface area contributed by atoms with Crippen molar-refractivity contribution in [1.29, 1.82) is 0 Å². The zero-order valence-corrected chi connectivity index (χ0v) is 29.8. The fraction of sp³-hybridized carbons (Fsp3) is 0.886. The van der Waals surface area contributed by atoms with E-state index in [2.05, 4.69) is 68.1 Å². The summed E-state index contributed by atoms with van der Waals surface area (Å²) >= 11 is 0. The highest BCUT2D eigenvalue weighted by atomic mass is 16.5. The topological polar surface area (TPSA) is 66.0 Å². The molecule has 0 spiro atoms. The van der Waals surface area contributed by atoms with Crippen LogP contribution in [0, 0.1) is 5.92 Å².